The number of nitrogens with zero attached hydrogens (tertiary/aromatic N) is 1. The van der Waals surface area contributed by atoms with Crippen LogP contribution in [0.15, 0.2) is 60.7 Å². The summed E-state index contributed by atoms with van der Waals surface area (Å²) in [6, 6.07) is 24.0. The maximum absolute atomic E-state index is 2.75. The zero-order valence-electron chi connectivity index (χ0n) is 35.9. The van der Waals surface area contributed by atoms with Gasteiger partial charge < -0.3 is 4.90 Å². The van der Waals surface area contributed by atoms with E-state index in [1.54, 1.807) is 5.56 Å². The summed E-state index contributed by atoms with van der Waals surface area (Å²) in [5.74, 6) is 0.243. The maximum atomic E-state index is 2.75. The molecule has 9 rings (SSSR count). The minimum atomic E-state index is 0.0941. The Hall–Kier alpha value is -4.82. The number of hydrogen-bond donors (Lipinski definition) is 0. The van der Waals surface area contributed by atoms with E-state index in [4.69, 9.17) is 0 Å². The van der Waals surface area contributed by atoms with Crippen molar-refractivity contribution in [2.75, 3.05) is 4.90 Å². The normalized spacial score (nSPS) is 14.9. The molecule has 0 fully saturated rings. The van der Waals surface area contributed by atoms with E-state index in [-0.39, 0.29) is 17.9 Å². The van der Waals surface area contributed by atoms with Gasteiger partial charge in [0.15, 0.2) is 0 Å². The minimum absolute atomic E-state index is 0.0941. The third-order valence-electron chi connectivity index (χ3n) is 15.1. The van der Waals surface area contributed by atoms with Gasteiger partial charge in [0.2, 0.25) is 6.71 Å². The van der Waals surface area contributed by atoms with Crippen LogP contribution < -0.4 is 15.8 Å². The Morgan fingerprint density at radius 3 is 1.58 bits per heavy atom. The Bertz CT molecular complexity index is 2670. The van der Waals surface area contributed by atoms with E-state index in [9.17, 15) is 0 Å². The summed E-state index contributed by atoms with van der Waals surface area (Å²) in [6.45, 7) is 35.5. The van der Waals surface area contributed by atoms with E-state index < -0.39 is 0 Å². The number of fused-ring (bicyclic) bond motifs is 7. The summed E-state index contributed by atoms with van der Waals surface area (Å²) in [6.07, 6.45) is 0. The summed E-state index contributed by atoms with van der Waals surface area (Å²) in [5.41, 5.74) is 36.8. The van der Waals surface area contributed by atoms with Gasteiger partial charge >= 0.3 is 0 Å². The quantitative estimate of drug-likeness (QED) is 0.161. The molecule has 0 aromatic heterocycles. The first-order valence-electron chi connectivity index (χ1n) is 20.5. The highest BCUT2D eigenvalue weighted by atomic mass is 15.2. The molecule has 0 amide bonds. The van der Waals surface area contributed by atoms with Crippen LogP contribution in [0.1, 0.15) is 110 Å². The maximum Gasteiger partial charge on any atom is 0.227 e. The molecule has 1 aliphatic carbocycles. The molecule has 0 N–H and O–H groups in total. The van der Waals surface area contributed by atoms with Crippen molar-refractivity contribution in [2.45, 2.75) is 115 Å². The van der Waals surface area contributed by atoms with Crippen molar-refractivity contribution in [3.63, 3.8) is 0 Å². The van der Waals surface area contributed by atoms with Crippen LogP contribution >= 0.6 is 0 Å². The van der Waals surface area contributed by atoms with E-state index in [0.717, 1.165) is 0 Å². The Morgan fingerprint density at radius 1 is 0.473 bits per heavy atom. The van der Waals surface area contributed by atoms with Crippen LogP contribution in [0.3, 0.4) is 0 Å². The molecule has 2 aliphatic heterocycles. The molecule has 3 aliphatic rings. The Balaban J connectivity index is 1.51. The molecule has 276 valence electrons. The van der Waals surface area contributed by atoms with Crippen molar-refractivity contribution in [2.24, 2.45) is 0 Å². The van der Waals surface area contributed by atoms with E-state index in [2.05, 4.69) is 169 Å². The fourth-order valence-electron chi connectivity index (χ4n) is 11.0. The highest BCUT2D eigenvalue weighted by molar-refractivity contribution is 6.92. The lowest BCUT2D eigenvalue weighted by Gasteiger charge is -2.46. The van der Waals surface area contributed by atoms with E-state index in [1.807, 2.05) is 0 Å². The molecule has 0 saturated heterocycles. The first-order valence-corrected chi connectivity index (χ1v) is 20.5. The van der Waals surface area contributed by atoms with Crippen LogP contribution in [0, 0.1) is 83.1 Å². The topological polar surface area (TPSA) is 3.24 Å². The highest BCUT2D eigenvalue weighted by Crippen LogP contribution is 2.58. The van der Waals surface area contributed by atoms with Gasteiger partial charge in [0, 0.05) is 11.4 Å². The summed E-state index contributed by atoms with van der Waals surface area (Å²) in [7, 11) is 0. The fourth-order valence-corrected chi connectivity index (χ4v) is 11.0. The number of benzene rings is 6. The summed E-state index contributed by atoms with van der Waals surface area (Å²) >= 11 is 0. The molecular weight excluding hydrogens is 661 g/mol. The molecule has 1 nitrogen and oxygen atoms in total. The first kappa shape index (κ1) is 35.9. The molecule has 0 bridgehead atoms. The Kier molecular flexibility index (Phi) is 7.72. The van der Waals surface area contributed by atoms with Crippen LogP contribution in [0.2, 0.25) is 0 Å². The molecule has 1 atom stereocenters. The predicted molar refractivity (Wildman–Crippen MR) is 240 cm³/mol. The molecule has 55 heavy (non-hydrogen) atoms. The van der Waals surface area contributed by atoms with Gasteiger partial charge in [0.05, 0.1) is 5.69 Å². The molecule has 0 radical (unpaired) electrons. The van der Waals surface area contributed by atoms with Crippen LogP contribution in [0.5, 0.6) is 0 Å². The third-order valence-corrected chi connectivity index (χ3v) is 15.1. The second kappa shape index (κ2) is 11.8. The van der Waals surface area contributed by atoms with E-state index in [0.29, 0.717) is 0 Å². The third kappa shape index (κ3) is 4.61. The number of hydrogen-bond acceptors (Lipinski definition) is 1. The molecule has 1 unspecified atom stereocenters. The SMILES string of the molecule is Cc1c(C)c(C)c(N2c3cc(-c4ccc(C(C)(C)C)cc4)cc4c3B(c3c(C)c(C)c(C)c(C)c32)C2c3ccccc3-c3c(C)c(C)c(C)c-4c32)c(C)c1C. The zero-order chi connectivity index (χ0) is 39.3. The van der Waals surface area contributed by atoms with Crippen LogP contribution in [0.25, 0.3) is 33.4 Å². The van der Waals surface area contributed by atoms with Crippen molar-refractivity contribution in [3.8, 4) is 33.4 Å². The molecule has 6 aromatic carbocycles. The minimum Gasteiger partial charge on any atom is -0.311 e. The number of rotatable bonds is 2. The lowest BCUT2D eigenvalue weighted by molar-refractivity contribution is 0.590. The lowest BCUT2D eigenvalue weighted by Crippen LogP contribution is -2.57. The van der Waals surface area contributed by atoms with Gasteiger partial charge in [-0.1, -0.05) is 74.9 Å². The van der Waals surface area contributed by atoms with E-state index in [1.165, 1.54) is 139 Å². The number of anilines is 3. The molecule has 0 spiro atoms. The van der Waals surface area contributed by atoms with Crippen molar-refractivity contribution >= 4 is 34.7 Å². The summed E-state index contributed by atoms with van der Waals surface area (Å²) in [5, 5.41) is 0. The molecule has 2 heteroatoms. The highest BCUT2D eigenvalue weighted by Gasteiger charge is 2.52. The summed E-state index contributed by atoms with van der Waals surface area (Å²) < 4.78 is 0. The van der Waals surface area contributed by atoms with Crippen LogP contribution in [0.4, 0.5) is 17.1 Å². The zero-order valence-corrected chi connectivity index (χ0v) is 35.9. The smallest absolute Gasteiger partial charge is 0.227 e. The largest absolute Gasteiger partial charge is 0.311 e. The monoisotopic (exact) mass is 717 g/mol. The standard InChI is InChI=1S/C53H56BN/c1-26-28(3)35(10)51(36(11)29(26)4)55-44-25-39(38-20-22-40(23-21-38)53(13,14)15)24-43-46-33(8)31(6)32(7)45-41-18-16-17-19-42(41)50(47(45)46)54(49(43)44)48-34(9)27(2)30(5)37(12)52(48)55/h16-25,50H,1-15H3. The van der Waals surface area contributed by atoms with E-state index >= 15 is 0 Å². The van der Waals surface area contributed by atoms with Crippen molar-refractivity contribution in [3.05, 3.63) is 144 Å². The van der Waals surface area contributed by atoms with Crippen molar-refractivity contribution in [1.29, 1.82) is 0 Å². The molecule has 0 saturated carbocycles. The van der Waals surface area contributed by atoms with Crippen LogP contribution in [-0.2, 0) is 5.41 Å². The molecule has 2 heterocycles. The first-order chi connectivity index (χ1) is 26.0. The summed E-state index contributed by atoms with van der Waals surface area (Å²) in [4.78, 5) is 2.75. The Labute approximate surface area is 330 Å². The predicted octanol–water partition coefficient (Wildman–Crippen LogP) is 13.1. The van der Waals surface area contributed by atoms with Crippen LogP contribution in [-0.4, -0.2) is 6.71 Å². The lowest BCUT2D eigenvalue weighted by atomic mass is 9.27. The Morgan fingerprint density at radius 2 is 0.982 bits per heavy atom. The fraction of sp³-hybridized carbons (Fsp3) is 0.321. The van der Waals surface area contributed by atoms with Crippen molar-refractivity contribution < 1.29 is 0 Å². The average Bonchev–Trinajstić information content (AvgIpc) is 3.51. The van der Waals surface area contributed by atoms with Gasteiger partial charge in [0.1, 0.15) is 0 Å². The second-order valence-corrected chi connectivity index (χ2v) is 18.4. The van der Waals surface area contributed by atoms with Crippen molar-refractivity contribution in [1.82, 2.24) is 0 Å². The van der Waals surface area contributed by atoms with Gasteiger partial charge in [-0.05, 0) is 229 Å². The van der Waals surface area contributed by atoms with Gasteiger partial charge in [-0.2, -0.15) is 0 Å². The van der Waals surface area contributed by atoms with Gasteiger partial charge in [-0.3, -0.25) is 0 Å². The van der Waals surface area contributed by atoms with Gasteiger partial charge in [-0.15, -0.1) is 0 Å². The van der Waals surface area contributed by atoms with Gasteiger partial charge in [-0.25, -0.2) is 0 Å². The second-order valence-electron chi connectivity index (χ2n) is 18.4. The molecule has 6 aromatic rings. The van der Waals surface area contributed by atoms with Gasteiger partial charge in [0.25, 0.3) is 0 Å². The molecular formula is C53H56BN. The average molecular weight is 718 g/mol.